The van der Waals surface area contributed by atoms with Crippen LogP contribution >= 0.6 is 7.60 Å². The molecular weight excluding hydrogens is 757 g/mol. The molecule has 1 unspecified atom stereocenters. The normalized spacial score (nSPS) is 31.0. The van der Waals surface area contributed by atoms with Gasteiger partial charge in [-0.1, -0.05) is 74.5 Å². The summed E-state index contributed by atoms with van der Waals surface area (Å²) in [6.07, 6.45) is 1.82. The van der Waals surface area contributed by atoms with E-state index in [0.717, 1.165) is 24.8 Å². The molecule has 4 N–H and O–H groups in total. The van der Waals surface area contributed by atoms with Gasteiger partial charge in [0.2, 0.25) is 17.6 Å². The molecular formula is C41H56N3O12P. The van der Waals surface area contributed by atoms with E-state index in [1.807, 2.05) is 50.2 Å². The standard InChI is InChI=1S/C41H56N3O12P/c1-6-51-57(49,52-7-2)23-21-32(29-16-12-9-13-17-29)42-35(45)33(24-28-14-10-8-11-15-28)43-36(46)34(44-39(47)48)25-50-37-27(4)31-19-18-26(3)30-20-22-40(5)54-38(53-37)41(30,31)56-55-40/h8-17,21,23,26-27,30-34,37-38,44H,6-7,18-20,22,24-25H2,1-5H3,(H,42,45)(H,43,46)(H,47,48)/b23-21+/t26-,27-,30+,31+,32?,33+,34+,37+,38-,40-,41-/m1/s1. The van der Waals surface area contributed by atoms with Crippen molar-refractivity contribution in [3.05, 3.63) is 83.7 Å². The van der Waals surface area contributed by atoms with Crippen LogP contribution in [0.15, 0.2) is 72.6 Å². The minimum absolute atomic E-state index is 0.0497. The Labute approximate surface area is 333 Å². The minimum atomic E-state index is -3.63. The summed E-state index contributed by atoms with van der Waals surface area (Å²) in [5, 5.41) is 17.8. The van der Waals surface area contributed by atoms with Crippen molar-refractivity contribution in [1.82, 2.24) is 16.0 Å². The van der Waals surface area contributed by atoms with Crippen molar-refractivity contribution in [2.45, 2.75) is 109 Å². The second-order valence-corrected chi connectivity index (χ2v) is 17.4. The average Bonchev–Trinajstić information content (AvgIpc) is 3.42. The third-order valence-electron chi connectivity index (χ3n) is 11.6. The molecule has 15 nitrogen and oxygen atoms in total. The third kappa shape index (κ3) is 9.80. The monoisotopic (exact) mass is 813 g/mol. The van der Waals surface area contributed by atoms with Gasteiger partial charge in [0, 0.05) is 30.5 Å². The Morgan fingerprint density at radius 3 is 2.23 bits per heavy atom. The van der Waals surface area contributed by atoms with Crippen molar-refractivity contribution < 1.29 is 57.1 Å². The van der Waals surface area contributed by atoms with Gasteiger partial charge >= 0.3 is 13.7 Å². The molecule has 2 aromatic carbocycles. The number of carbonyl (C=O) groups is 3. The highest BCUT2D eigenvalue weighted by Crippen LogP contribution is 2.60. The number of nitrogens with one attached hydrogen (secondary N) is 3. The van der Waals surface area contributed by atoms with E-state index in [-0.39, 0.29) is 37.4 Å². The van der Waals surface area contributed by atoms with Crippen LogP contribution in [-0.4, -0.2) is 78.9 Å². The summed E-state index contributed by atoms with van der Waals surface area (Å²) in [5.74, 6) is -0.790. The van der Waals surface area contributed by atoms with Crippen LogP contribution in [0.3, 0.4) is 0 Å². The van der Waals surface area contributed by atoms with Crippen molar-refractivity contribution in [3.63, 3.8) is 0 Å². The molecule has 0 aromatic heterocycles. The molecule has 5 aliphatic rings. The molecule has 4 aliphatic heterocycles. The maximum absolute atomic E-state index is 14.2. The lowest BCUT2D eigenvalue weighted by Gasteiger charge is -2.60. The summed E-state index contributed by atoms with van der Waals surface area (Å²) in [6, 6.07) is 14.7. The molecule has 5 fully saturated rings. The summed E-state index contributed by atoms with van der Waals surface area (Å²) in [6.45, 7) is 9.34. The zero-order valence-electron chi connectivity index (χ0n) is 33.2. The van der Waals surface area contributed by atoms with E-state index in [1.165, 1.54) is 11.9 Å². The van der Waals surface area contributed by atoms with Gasteiger partial charge in [0.1, 0.15) is 12.1 Å². The first kappa shape index (κ1) is 42.9. The predicted octanol–water partition coefficient (Wildman–Crippen LogP) is 6.21. The van der Waals surface area contributed by atoms with E-state index < -0.39 is 74.2 Å². The van der Waals surface area contributed by atoms with Gasteiger partial charge in [-0.15, -0.1) is 0 Å². The van der Waals surface area contributed by atoms with Crippen LogP contribution in [0.25, 0.3) is 0 Å². The number of carbonyl (C=O) groups excluding carboxylic acids is 2. The van der Waals surface area contributed by atoms with Gasteiger partial charge in [-0.2, -0.15) is 0 Å². The van der Waals surface area contributed by atoms with Crippen molar-refractivity contribution in [2.75, 3.05) is 19.8 Å². The van der Waals surface area contributed by atoms with E-state index in [9.17, 15) is 24.1 Å². The molecule has 1 aliphatic carbocycles. The molecule has 4 heterocycles. The lowest BCUT2D eigenvalue weighted by Crippen LogP contribution is -2.70. The Bertz CT molecular complexity index is 1760. The molecule has 57 heavy (non-hydrogen) atoms. The zero-order valence-corrected chi connectivity index (χ0v) is 34.1. The van der Waals surface area contributed by atoms with E-state index >= 15 is 0 Å². The maximum Gasteiger partial charge on any atom is 0.405 e. The Morgan fingerprint density at radius 2 is 1.56 bits per heavy atom. The Balaban J connectivity index is 1.20. The molecule has 3 amide bonds. The van der Waals surface area contributed by atoms with Gasteiger partial charge in [0.25, 0.3) is 0 Å². The highest BCUT2D eigenvalue weighted by molar-refractivity contribution is 7.57. The first-order valence-electron chi connectivity index (χ1n) is 19.9. The lowest BCUT2D eigenvalue weighted by molar-refractivity contribution is -0.577. The highest BCUT2D eigenvalue weighted by Gasteiger charge is 2.69. The van der Waals surface area contributed by atoms with Crippen LogP contribution in [0.4, 0.5) is 4.79 Å². The van der Waals surface area contributed by atoms with Crippen LogP contribution in [-0.2, 0) is 53.6 Å². The molecule has 2 aromatic rings. The van der Waals surface area contributed by atoms with Crippen molar-refractivity contribution >= 4 is 25.5 Å². The fourth-order valence-electron chi connectivity index (χ4n) is 8.75. The van der Waals surface area contributed by atoms with Crippen molar-refractivity contribution in [3.8, 4) is 0 Å². The topological polar surface area (TPSA) is 189 Å². The predicted molar refractivity (Wildman–Crippen MR) is 207 cm³/mol. The van der Waals surface area contributed by atoms with Gasteiger partial charge in [-0.05, 0) is 69.1 Å². The quantitative estimate of drug-likeness (QED) is 0.105. The second kappa shape index (κ2) is 18.5. The first-order valence-corrected chi connectivity index (χ1v) is 21.5. The fourth-order valence-corrected chi connectivity index (χ4v) is 10.1. The molecule has 4 saturated heterocycles. The van der Waals surface area contributed by atoms with Crippen molar-refractivity contribution in [2.24, 2.45) is 23.7 Å². The number of ether oxygens (including phenoxy) is 3. The number of amides is 3. The molecule has 1 spiro atoms. The summed E-state index contributed by atoms with van der Waals surface area (Å²) in [7, 11) is -3.63. The SMILES string of the molecule is CCOP(=O)(/C=C/C(NC(=O)[C@H](Cc1ccccc1)NC(=O)[C@H](CO[C@H]1O[C@@H]2O[C@@]3(C)CC[C@H]4[C@H](C)CC[C@@H]([C@H]1C)[C@@]24OO3)NC(=O)O)c1ccccc1)OCC. The zero-order chi connectivity index (χ0) is 40.8. The fraction of sp³-hybridized carbons (Fsp3) is 0.585. The van der Waals surface area contributed by atoms with Crippen LogP contribution in [0, 0.1) is 23.7 Å². The number of hydrogen-bond donors (Lipinski definition) is 4. The second-order valence-electron chi connectivity index (χ2n) is 15.5. The molecule has 16 heteroatoms. The van der Waals surface area contributed by atoms with E-state index in [2.05, 4.69) is 22.9 Å². The number of fused-ring (bicyclic) bond motifs is 2. The molecule has 1 saturated carbocycles. The lowest BCUT2D eigenvalue weighted by atomic mass is 9.58. The van der Waals surface area contributed by atoms with Gasteiger partial charge < -0.3 is 44.3 Å². The molecule has 7 rings (SSSR count). The van der Waals surface area contributed by atoms with Crippen molar-refractivity contribution in [1.29, 1.82) is 0 Å². The molecule has 0 radical (unpaired) electrons. The van der Waals surface area contributed by atoms with E-state index in [0.29, 0.717) is 17.9 Å². The molecule has 312 valence electrons. The largest absolute Gasteiger partial charge is 0.465 e. The Morgan fingerprint density at radius 1 is 0.895 bits per heavy atom. The van der Waals surface area contributed by atoms with E-state index in [4.69, 9.17) is 33.0 Å². The number of carboxylic acid groups (broad SMARTS) is 1. The smallest absolute Gasteiger partial charge is 0.405 e. The average molecular weight is 814 g/mol. The summed E-state index contributed by atoms with van der Waals surface area (Å²) in [4.78, 5) is 52.4. The van der Waals surface area contributed by atoms with Crippen LogP contribution in [0.5, 0.6) is 0 Å². The summed E-state index contributed by atoms with van der Waals surface area (Å²) in [5.41, 5.74) is 0.595. The van der Waals surface area contributed by atoms with Gasteiger partial charge in [0.05, 0.1) is 25.9 Å². The molecule has 2 bridgehead atoms. The van der Waals surface area contributed by atoms with Gasteiger partial charge in [-0.3, -0.25) is 14.2 Å². The number of hydrogen-bond acceptors (Lipinski definition) is 11. The Hall–Kier alpha value is -3.66. The van der Waals surface area contributed by atoms with Gasteiger partial charge in [0.15, 0.2) is 18.2 Å². The van der Waals surface area contributed by atoms with E-state index in [1.54, 1.807) is 38.1 Å². The summed E-state index contributed by atoms with van der Waals surface area (Å²) >= 11 is 0. The first-order chi connectivity index (χ1) is 27.3. The number of benzene rings is 2. The summed E-state index contributed by atoms with van der Waals surface area (Å²) < 4.78 is 43.3. The minimum Gasteiger partial charge on any atom is -0.465 e. The Kier molecular flexibility index (Phi) is 13.9. The van der Waals surface area contributed by atoms with Crippen LogP contribution in [0.1, 0.15) is 77.5 Å². The maximum atomic E-state index is 14.2. The van der Waals surface area contributed by atoms with Crippen LogP contribution in [0.2, 0.25) is 0 Å². The highest BCUT2D eigenvalue weighted by atomic mass is 31.2. The molecule has 11 atom stereocenters. The van der Waals surface area contributed by atoms with Gasteiger partial charge in [-0.25, -0.2) is 14.6 Å². The van der Waals surface area contributed by atoms with Crippen LogP contribution < -0.4 is 16.0 Å². The third-order valence-corrected chi connectivity index (χ3v) is 13.4. The number of rotatable bonds is 17.